The van der Waals surface area contributed by atoms with Gasteiger partial charge in [0, 0.05) is 0 Å². The van der Waals surface area contributed by atoms with E-state index in [2.05, 4.69) is 10.6 Å². The van der Waals surface area contributed by atoms with E-state index >= 15 is 0 Å². The average molecular weight is 563 g/mol. The van der Waals surface area contributed by atoms with Crippen LogP contribution in [0.3, 0.4) is 0 Å². The predicted octanol–water partition coefficient (Wildman–Crippen LogP) is 3.89. The van der Waals surface area contributed by atoms with Crippen LogP contribution < -0.4 is 10.6 Å². The smallest absolute Gasteiger partial charge is 0.226 e. The number of carbonyl (C=O) groups excluding carboxylic acids is 2. The van der Waals surface area contributed by atoms with Gasteiger partial charge in [-0.2, -0.15) is 0 Å². The molecule has 216 valence electrons. The van der Waals surface area contributed by atoms with Gasteiger partial charge in [-0.25, -0.2) is 0 Å². The van der Waals surface area contributed by atoms with Crippen LogP contribution in [0.1, 0.15) is 22.3 Å². The lowest BCUT2D eigenvalue weighted by atomic mass is 9.80. The van der Waals surface area contributed by atoms with Gasteiger partial charge in [-0.3, -0.25) is 9.59 Å². The van der Waals surface area contributed by atoms with Crippen molar-refractivity contribution >= 4 is 11.8 Å². The summed E-state index contributed by atoms with van der Waals surface area (Å²) < 4.78 is 0. The quantitative estimate of drug-likeness (QED) is 0.262. The first kappa shape index (κ1) is 29.2. The van der Waals surface area contributed by atoms with Crippen LogP contribution in [0, 0.1) is 11.8 Å². The Balaban J connectivity index is 1.53. The number of amides is 2. The van der Waals surface area contributed by atoms with Gasteiger partial charge in [0.25, 0.3) is 0 Å². The molecule has 6 heteroatoms. The van der Waals surface area contributed by atoms with Crippen LogP contribution in [-0.4, -0.2) is 46.3 Å². The van der Waals surface area contributed by atoms with Crippen molar-refractivity contribution in [1.29, 1.82) is 0 Å². The van der Waals surface area contributed by atoms with E-state index in [9.17, 15) is 19.8 Å². The number of aliphatic hydroxyl groups excluding tert-OH is 2. The van der Waals surface area contributed by atoms with E-state index in [0.717, 1.165) is 22.3 Å². The minimum Gasteiger partial charge on any atom is -0.391 e. The maximum atomic E-state index is 14.0. The lowest BCUT2D eigenvalue weighted by molar-refractivity contribution is -0.139. The highest BCUT2D eigenvalue weighted by Gasteiger charge is 2.42. The first-order chi connectivity index (χ1) is 20.5. The molecule has 0 unspecified atom stereocenters. The molecular weight excluding hydrogens is 524 g/mol. The van der Waals surface area contributed by atoms with E-state index in [4.69, 9.17) is 0 Å². The number of rotatable bonds is 8. The van der Waals surface area contributed by atoms with E-state index in [1.54, 1.807) is 0 Å². The van der Waals surface area contributed by atoms with Crippen LogP contribution in [0.15, 0.2) is 121 Å². The Kier molecular flexibility index (Phi) is 9.80. The number of aliphatic hydroxyl groups is 2. The molecule has 1 aliphatic heterocycles. The third kappa shape index (κ3) is 7.52. The van der Waals surface area contributed by atoms with Crippen molar-refractivity contribution in [3.63, 3.8) is 0 Å². The fourth-order valence-corrected chi connectivity index (χ4v) is 5.86. The largest absolute Gasteiger partial charge is 0.391 e. The highest BCUT2D eigenvalue weighted by molar-refractivity contribution is 5.84. The zero-order chi connectivity index (χ0) is 29.3. The van der Waals surface area contributed by atoms with Crippen molar-refractivity contribution in [2.24, 2.45) is 11.8 Å². The summed E-state index contributed by atoms with van der Waals surface area (Å²) in [5.41, 5.74) is 3.67. The SMILES string of the molecule is O=C1N[C@H](Cc2ccccc2)C(O)[C@@H](Cc2ccccc2)NC(=O)[C@H](Cc2ccccc2)C(O)[C@H]1Cc1ccccc1. The molecule has 1 heterocycles. The first-order valence-electron chi connectivity index (χ1n) is 14.6. The molecule has 4 atom stereocenters. The summed E-state index contributed by atoms with van der Waals surface area (Å²) in [6.07, 6.45) is -1.08. The Hall–Kier alpha value is -4.26. The number of carbonyl (C=O) groups is 2. The molecule has 0 aromatic heterocycles. The predicted molar refractivity (Wildman–Crippen MR) is 163 cm³/mol. The van der Waals surface area contributed by atoms with Gasteiger partial charge in [0.15, 0.2) is 0 Å². The molecule has 4 aromatic rings. The molecular formula is C36H38N2O4. The molecule has 42 heavy (non-hydrogen) atoms. The molecule has 1 fully saturated rings. The van der Waals surface area contributed by atoms with E-state index in [-0.39, 0.29) is 24.7 Å². The summed E-state index contributed by atoms with van der Waals surface area (Å²) >= 11 is 0. The van der Waals surface area contributed by atoms with Crippen molar-refractivity contribution in [3.8, 4) is 0 Å². The van der Waals surface area contributed by atoms with Crippen molar-refractivity contribution in [2.75, 3.05) is 0 Å². The van der Waals surface area contributed by atoms with Gasteiger partial charge in [0.1, 0.15) is 0 Å². The molecule has 4 aromatic carbocycles. The Bertz CT molecular complexity index is 1310. The lowest BCUT2D eigenvalue weighted by Gasteiger charge is -2.37. The molecule has 0 spiro atoms. The van der Waals surface area contributed by atoms with Gasteiger partial charge in [-0.05, 0) is 47.9 Å². The van der Waals surface area contributed by atoms with Crippen LogP contribution in [0.5, 0.6) is 0 Å². The second-order valence-corrected chi connectivity index (χ2v) is 11.2. The van der Waals surface area contributed by atoms with E-state index in [0.29, 0.717) is 12.8 Å². The van der Waals surface area contributed by atoms with Gasteiger partial charge in [0.2, 0.25) is 11.8 Å². The first-order valence-corrected chi connectivity index (χ1v) is 14.6. The van der Waals surface area contributed by atoms with Gasteiger partial charge in [-0.1, -0.05) is 121 Å². The summed E-state index contributed by atoms with van der Waals surface area (Å²) in [6, 6.07) is 37.0. The van der Waals surface area contributed by atoms with Crippen LogP contribution in [0.25, 0.3) is 0 Å². The molecule has 1 saturated heterocycles. The van der Waals surface area contributed by atoms with Crippen molar-refractivity contribution < 1.29 is 19.8 Å². The van der Waals surface area contributed by atoms with Gasteiger partial charge in [-0.15, -0.1) is 0 Å². The Morgan fingerprint density at radius 3 is 1.02 bits per heavy atom. The molecule has 0 radical (unpaired) electrons. The van der Waals surface area contributed by atoms with Crippen LogP contribution in [0.4, 0.5) is 0 Å². The van der Waals surface area contributed by atoms with Gasteiger partial charge < -0.3 is 20.8 Å². The summed E-state index contributed by atoms with van der Waals surface area (Å²) in [5, 5.41) is 29.9. The standard InChI is InChI=1S/C36H38N2O4/c39-33-29(21-25-13-5-1-6-14-25)35(41)37-31(23-27-17-9-3-10-18-27)34(40)32(24-28-19-11-4-12-20-28)38-36(42)30(33)22-26-15-7-2-8-16-26/h1-20,29-34,39-40H,21-24H2,(H,37,41)(H,38,42)/t29-,30-,31-,32-,33?,34?/m1/s1. The molecule has 0 saturated carbocycles. The summed E-state index contributed by atoms with van der Waals surface area (Å²) in [6.45, 7) is 0. The zero-order valence-electron chi connectivity index (χ0n) is 23.6. The Morgan fingerprint density at radius 1 is 0.429 bits per heavy atom. The van der Waals surface area contributed by atoms with E-state index in [1.807, 2.05) is 121 Å². The summed E-state index contributed by atoms with van der Waals surface area (Å²) in [5.74, 6) is -2.55. The normalized spacial score (nSPS) is 24.8. The number of nitrogens with one attached hydrogen (secondary N) is 2. The third-order valence-corrected chi connectivity index (χ3v) is 8.17. The van der Waals surface area contributed by atoms with Crippen molar-refractivity contribution in [2.45, 2.75) is 50.0 Å². The summed E-state index contributed by atoms with van der Waals surface area (Å²) in [7, 11) is 0. The number of hydrogen-bond donors (Lipinski definition) is 4. The van der Waals surface area contributed by atoms with Gasteiger partial charge >= 0.3 is 0 Å². The maximum Gasteiger partial charge on any atom is 0.226 e. The van der Waals surface area contributed by atoms with Gasteiger partial charge in [0.05, 0.1) is 36.1 Å². The van der Waals surface area contributed by atoms with E-state index < -0.39 is 36.1 Å². The third-order valence-electron chi connectivity index (χ3n) is 8.17. The fraction of sp³-hybridized carbons (Fsp3) is 0.278. The highest BCUT2D eigenvalue weighted by Crippen LogP contribution is 2.26. The topological polar surface area (TPSA) is 98.7 Å². The second kappa shape index (κ2) is 14.1. The minimum atomic E-state index is -1.25. The second-order valence-electron chi connectivity index (χ2n) is 11.2. The van der Waals surface area contributed by atoms with Crippen LogP contribution >= 0.6 is 0 Å². The molecule has 1 aliphatic rings. The molecule has 0 bridgehead atoms. The molecule has 0 aliphatic carbocycles. The maximum absolute atomic E-state index is 14.0. The summed E-state index contributed by atoms with van der Waals surface area (Å²) in [4.78, 5) is 28.1. The Labute approximate surface area is 247 Å². The zero-order valence-corrected chi connectivity index (χ0v) is 23.6. The monoisotopic (exact) mass is 562 g/mol. The molecule has 6 nitrogen and oxygen atoms in total. The molecule has 4 N–H and O–H groups in total. The van der Waals surface area contributed by atoms with Crippen LogP contribution in [0.2, 0.25) is 0 Å². The fourth-order valence-electron chi connectivity index (χ4n) is 5.86. The van der Waals surface area contributed by atoms with Crippen LogP contribution in [-0.2, 0) is 35.3 Å². The molecule has 2 amide bonds. The minimum absolute atomic E-state index is 0.258. The lowest BCUT2D eigenvalue weighted by Crippen LogP contribution is -2.61. The van der Waals surface area contributed by atoms with Crippen molar-refractivity contribution in [3.05, 3.63) is 144 Å². The number of benzene rings is 4. The molecule has 5 rings (SSSR count). The average Bonchev–Trinajstić information content (AvgIpc) is 3.02. The van der Waals surface area contributed by atoms with Crippen molar-refractivity contribution in [1.82, 2.24) is 10.6 Å². The number of hydrogen-bond acceptors (Lipinski definition) is 4. The Morgan fingerprint density at radius 2 is 0.714 bits per heavy atom. The van der Waals surface area contributed by atoms with E-state index in [1.165, 1.54) is 0 Å². The highest BCUT2D eigenvalue weighted by atomic mass is 16.3.